The molecular weight excluding hydrogens is 354 g/mol. The van der Waals surface area contributed by atoms with Crippen LogP contribution in [-0.4, -0.2) is 43.9 Å². The normalized spacial score (nSPS) is 16.6. The van der Waals surface area contributed by atoms with Crippen LogP contribution in [0, 0.1) is 0 Å². The van der Waals surface area contributed by atoms with Gasteiger partial charge in [-0.3, -0.25) is 0 Å². The summed E-state index contributed by atoms with van der Waals surface area (Å²) in [6.07, 6.45) is 0. The molecule has 2 aliphatic rings. The third-order valence-corrected chi connectivity index (χ3v) is 5.00. The van der Waals surface area contributed by atoms with Crippen LogP contribution in [0.2, 0.25) is 5.02 Å². The van der Waals surface area contributed by atoms with Gasteiger partial charge < -0.3 is 24.6 Å². The molecule has 2 aliphatic heterocycles. The van der Waals surface area contributed by atoms with Gasteiger partial charge in [0.2, 0.25) is 6.79 Å². The van der Waals surface area contributed by atoms with Crippen molar-refractivity contribution in [2.75, 3.05) is 38.3 Å². The summed E-state index contributed by atoms with van der Waals surface area (Å²) < 4.78 is 10.8. The number of nitrogens with one attached hydrogen (secondary N) is 2. The van der Waals surface area contributed by atoms with Gasteiger partial charge in [-0.15, -0.1) is 0 Å². The molecule has 1 saturated heterocycles. The maximum Gasteiger partial charge on any atom is 0.322 e. The first-order valence-electron chi connectivity index (χ1n) is 8.71. The molecule has 4 rings (SSSR count). The van der Waals surface area contributed by atoms with E-state index in [4.69, 9.17) is 21.1 Å². The molecule has 2 aromatic rings. The first-order valence-corrected chi connectivity index (χ1v) is 9.09. The van der Waals surface area contributed by atoms with Crippen molar-refractivity contribution in [2.45, 2.75) is 6.54 Å². The molecule has 2 heterocycles. The second-order valence-electron chi connectivity index (χ2n) is 6.54. The molecule has 0 bridgehead atoms. The summed E-state index contributed by atoms with van der Waals surface area (Å²) in [5.41, 5.74) is 1.98. The number of urea groups is 1. The average Bonchev–Trinajstić information content (AvgIpc) is 3.12. The fourth-order valence-corrected chi connectivity index (χ4v) is 3.40. The first kappa shape index (κ1) is 17.0. The smallest absolute Gasteiger partial charge is 0.322 e. The molecular formula is C19H21ClN3O3+. The van der Waals surface area contributed by atoms with Crippen molar-refractivity contribution in [2.24, 2.45) is 0 Å². The summed E-state index contributed by atoms with van der Waals surface area (Å²) in [6.45, 7) is 4.53. The maximum absolute atomic E-state index is 12.4. The van der Waals surface area contributed by atoms with Crippen LogP contribution < -0.4 is 19.7 Å². The third kappa shape index (κ3) is 3.86. The van der Waals surface area contributed by atoms with Gasteiger partial charge in [-0.2, -0.15) is 0 Å². The average molecular weight is 375 g/mol. The Kier molecular flexibility index (Phi) is 4.86. The summed E-state index contributed by atoms with van der Waals surface area (Å²) >= 11 is 5.87. The zero-order chi connectivity index (χ0) is 17.9. The molecule has 2 N–H and O–H groups in total. The largest absolute Gasteiger partial charge is 0.454 e. The van der Waals surface area contributed by atoms with Gasteiger partial charge in [0, 0.05) is 16.3 Å². The number of carbonyl (C=O) groups is 1. The predicted molar refractivity (Wildman–Crippen MR) is 99.0 cm³/mol. The Morgan fingerprint density at radius 3 is 2.58 bits per heavy atom. The van der Waals surface area contributed by atoms with Crippen LogP contribution in [0.15, 0.2) is 42.5 Å². The molecule has 0 spiro atoms. The van der Waals surface area contributed by atoms with Crippen LogP contribution in [0.25, 0.3) is 0 Å². The number of halogens is 1. The molecule has 6 nitrogen and oxygen atoms in total. The molecule has 0 atom stereocenters. The topological polar surface area (TPSA) is 55.2 Å². The Hall–Kier alpha value is -2.44. The summed E-state index contributed by atoms with van der Waals surface area (Å²) in [5, 5.41) is 3.58. The van der Waals surface area contributed by atoms with Crippen LogP contribution >= 0.6 is 11.6 Å². The van der Waals surface area contributed by atoms with E-state index in [1.807, 2.05) is 11.0 Å². The number of rotatable bonds is 3. The lowest BCUT2D eigenvalue weighted by molar-refractivity contribution is -0.917. The van der Waals surface area contributed by atoms with Crippen LogP contribution in [0.3, 0.4) is 0 Å². The van der Waals surface area contributed by atoms with Crippen LogP contribution in [0.4, 0.5) is 10.5 Å². The van der Waals surface area contributed by atoms with Crippen LogP contribution in [0.5, 0.6) is 11.5 Å². The number of carbonyl (C=O) groups excluding carboxylic acids is 1. The lowest BCUT2D eigenvalue weighted by Gasteiger charge is -2.32. The lowest BCUT2D eigenvalue weighted by atomic mass is 10.1. The number of hydrogen-bond acceptors (Lipinski definition) is 3. The van der Waals surface area contributed by atoms with E-state index in [1.165, 1.54) is 10.5 Å². The standard InChI is InChI=1S/C19H20ClN3O3/c20-15-2-4-16(5-3-15)21-19(24)23-9-7-22(8-10-23)12-14-1-6-17-18(11-14)26-13-25-17/h1-6,11H,7-10,12-13H2,(H,21,24)/p+1. The van der Waals surface area contributed by atoms with Crippen molar-refractivity contribution in [3.8, 4) is 11.5 Å². The fourth-order valence-electron chi connectivity index (χ4n) is 3.28. The van der Waals surface area contributed by atoms with E-state index >= 15 is 0 Å². The van der Waals surface area contributed by atoms with Gasteiger partial charge in [0.15, 0.2) is 11.5 Å². The number of fused-ring (bicyclic) bond motifs is 1. The zero-order valence-electron chi connectivity index (χ0n) is 14.3. The molecule has 2 amide bonds. The third-order valence-electron chi connectivity index (χ3n) is 4.74. The first-order chi connectivity index (χ1) is 12.7. The van der Waals surface area contributed by atoms with Crippen molar-refractivity contribution in [1.29, 1.82) is 0 Å². The van der Waals surface area contributed by atoms with Gasteiger partial charge in [-0.25, -0.2) is 4.79 Å². The zero-order valence-corrected chi connectivity index (χ0v) is 15.1. The molecule has 7 heteroatoms. The summed E-state index contributed by atoms with van der Waals surface area (Å²) in [4.78, 5) is 15.7. The van der Waals surface area contributed by atoms with Crippen LogP contribution in [-0.2, 0) is 6.54 Å². The Labute approximate surface area is 157 Å². The van der Waals surface area contributed by atoms with E-state index in [0.717, 1.165) is 49.9 Å². The minimum Gasteiger partial charge on any atom is -0.454 e. The Balaban J connectivity index is 1.28. The fraction of sp³-hybridized carbons (Fsp3) is 0.316. The molecule has 2 aromatic carbocycles. The van der Waals surface area contributed by atoms with Crippen molar-refractivity contribution >= 4 is 23.3 Å². The van der Waals surface area contributed by atoms with Crippen molar-refractivity contribution in [1.82, 2.24) is 4.90 Å². The minimum absolute atomic E-state index is 0.0607. The van der Waals surface area contributed by atoms with Gasteiger partial charge in [0.05, 0.1) is 26.2 Å². The molecule has 0 unspecified atom stereocenters. The SMILES string of the molecule is O=C(Nc1ccc(Cl)cc1)N1CC[NH+](Cc2ccc3c(c2)OCO3)CC1. The summed E-state index contributed by atoms with van der Waals surface area (Å²) in [5.74, 6) is 1.63. The second-order valence-corrected chi connectivity index (χ2v) is 6.97. The van der Waals surface area contributed by atoms with E-state index in [2.05, 4.69) is 17.4 Å². The van der Waals surface area contributed by atoms with Crippen LogP contribution in [0.1, 0.15) is 5.56 Å². The van der Waals surface area contributed by atoms with Gasteiger partial charge in [-0.05, 0) is 42.5 Å². The number of anilines is 1. The van der Waals surface area contributed by atoms with Crippen molar-refractivity contribution in [3.05, 3.63) is 53.1 Å². The number of ether oxygens (including phenoxy) is 2. The van der Waals surface area contributed by atoms with E-state index in [-0.39, 0.29) is 6.03 Å². The summed E-state index contributed by atoms with van der Waals surface area (Å²) in [6, 6.07) is 13.2. The van der Waals surface area contributed by atoms with E-state index in [1.54, 1.807) is 24.3 Å². The molecule has 26 heavy (non-hydrogen) atoms. The van der Waals surface area contributed by atoms with E-state index in [9.17, 15) is 4.79 Å². The van der Waals surface area contributed by atoms with Gasteiger partial charge in [0.25, 0.3) is 0 Å². The minimum atomic E-state index is -0.0607. The molecule has 0 saturated carbocycles. The molecule has 136 valence electrons. The monoisotopic (exact) mass is 374 g/mol. The van der Waals surface area contributed by atoms with Gasteiger partial charge in [-0.1, -0.05) is 11.6 Å². The highest BCUT2D eigenvalue weighted by atomic mass is 35.5. The maximum atomic E-state index is 12.4. The highest BCUT2D eigenvalue weighted by Gasteiger charge is 2.24. The highest BCUT2D eigenvalue weighted by Crippen LogP contribution is 2.32. The van der Waals surface area contributed by atoms with E-state index in [0.29, 0.717) is 11.8 Å². The number of hydrogen-bond donors (Lipinski definition) is 2. The highest BCUT2D eigenvalue weighted by molar-refractivity contribution is 6.30. The number of amides is 2. The number of piperazine rings is 1. The quantitative estimate of drug-likeness (QED) is 0.864. The second kappa shape index (κ2) is 7.43. The predicted octanol–water partition coefficient (Wildman–Crippen LogP) is 2.00. The molecule has 0 aromatic heterocycles. The van der Waals surface area contributed by atoms with Gasteiger partial charge >= 0.3 is 6.03 Å². The Bertz CT molecular complexity index is 789. The Morgan fingerprint density at radius 2 is 1.81 bits per heavy atom. The number of nitrogens with zero attached hydrogens (tertiary/aromatic N) is 1. The van der Waals surface area contributed by atoms with Gasteiger partial charge in [0.1, 0.15) is 6.54 Å². The Morgan fingerprint density at radius 1 is 1.08 bits per heavy atom. The van der Waals surface area contributed by atoms with Crippen molar-refractivity contribution in [3.63, 3.8) is 0 Å². The molecule has 1 fully saturated rings. The number of quaternary nitrogens is 1. The summed E-state index contributed by atoms with van der Waals surface area (Å²) in [7, 11) is 0. The lowest BCUT2D eigenvalue weighted by Crippen LogP contribution is -3.13. The molecule has 0 aliphatic carbocycles. The molecule has 0 radical (unpaired) electrons. The van der Waals surface area contributed by atoms with Crippen molar-refractivity contribution < 1.29 is 19.2 Å². The number of benzene rings is 2. The van der Waals surface area contributed by atoms with E-state index < -0.39 is 0 Å².